The molecule has 4 heteroatoms. The first-order valence-electron chi connectivity index (χ1n) is 8.69. The Labute approximate surface area is 147 Å². The molecule has 0 saturated heterocycles. The van der Waals surface area contributed by atoms with Gasteiger partial charge < -0.3 is 9.47 Å². The van der Waals surface area contributed by atoms with E-state index in [0.717, 1.165) is 48.6 Å². The molecule has 4 rings (SSSR count). The number of imidazole rings is 1. The highest BCUT2D eigenvalue weighted by atomic mass is 16.2. The van der Waals surface area contributed by atoms with E-state index in [-0.39, 0.29) is 5.91 Å². The number of carbonyl (C=O) groups is 1. The number of carbonyl (C=O) groups excluding carboxylic acids is 1. The van der Waals surface area contributed by atoms with Gasteiger partial charge in [-0.05, 0) is 49.1 Å². The number of anilines is 1. The summed E-state index contributed by atoms with van der Waals surface area (Å²) in [6, 6.07) is 16.1. The van der Waals surface area contributed by atoms with Gasteiger partial charge in [-0.25, -0.2) is 4.98 Å². The molecule has 0 bridgehead atoms. The predicted octanol–water partition coefficient (Wildman–Crippen LogP) is 3.83. The summed E-state index contributed by atoms with van der Waals surface area (Å²) in [5.41, 5.74) is 4.21. The lowest BCUT2D eigenvalue weighted by Crippen LogP contribution is -2.35. The van der Waals surface area contributed by atoms with E-state index in [1.165, 1.54) is 5.56 Å². The fraction of sp³-hybridized carbons (Fsp3) is 0.238. The Bertz CT molecular complexity index is 896. The number of rotatable bonds is 3. The van der Waals surface area contributed by atoms with Crippen molar-refractivity contribution < 1.29 is 4.79 Å². The Balaban J connectivity index is 1.54. The minimum absolute atomic E-state index is 0.0810. The molecule has 1 aliphatic rings. The Hall–Kier alpha value is -2.88. The fourth-order valence-electron chi connectivity index (χ4n) is 3.42. The van der Waals surface area contributed by atoms with E-state index in [0.29, 0.717) is 0 Å². The van der Waals surface area contributed by atoms with Crippen LogP contribution >= 0.6 is 0 Å². The maximum absolute atomic E-state index is 13.0. The molecular formula is C21H21N3O. The maximum atomic E-state index is 13.0. The second kappa shape index (κ2) is 6.55. The lowest BCUT2D eigenvalue weighted by Gasteiger charge is -2.29. The van der Waals surface area contributed by atoms with Gasteiger partial charge in [-0.15, -0.1) is 0 Å². The molecule has 0 aliphatic carbocycles. The van der Waals surface area contributed by atoms with Crippen LogP contribution < -0.4 is 4.90 Å². The van der Waals surface area contributed by atoms with Crippen molar-refractivity contribution in [3.8, 4) is 0 Å². The molecule has 0 saturated carbocycles. The molecule has 1 aromatic heterocycles. The highest BCUT2D eigenvalue weighted by molar-refractivity contribution is 6.06. The van der Waals surface area contributed by atoms with Gasteiger partial charge in [0, 0.05) is 36.7 Å². The standard InChI is InChI=1S/C21H21N3O/c1-16-22-12-14-23(16)15-17-8-10-19(11-9-17)21(25)24-13-4-6-18-5-2-3-7-20(18)24/h2-3,5,7-12,14H,4,6,13,15H2,1H3. The summed E-state index contributed by atoms with van der Waals surface area (Å²) >= 11 is 0. The summed E-state index contributed by atoms with van der Waals surface area (Å²) in [6.07, 6.45) is 5.84. The first-order chi connectivity index (χ1) is 12.2. The van der Waals surface area contributed by atoms with Crippen LogP contribution in [0.15, 0.2) is 60.9 Å². The molecule has 0 fully saturated rings. The monoisotopic (exact) mass is 331 g/mol. The summed E-state index contributed by atoms with van der Waals surface area (Å²) < 4.78 is 2.09. The van der Waals surface area contributed by atoms with E-state index in [2.05, 4.69) is 15.6 Å². The lowest BCUT2D eigenvalue weighted by molar-refractivity contribution is 0.0985. The average Bonchev–Trinajstić information content (AvgIpc) is 3.06. The van der Waals surface area contributed by atoms with Crippen LogP contribution in [0.25, 0.3) is 0 Å². The number of benzene rings is 2. The van der Waals surface area contributed by atoms with Gasteiger partial charge in [-0.2, -0.15) is 0 Å². The molecule has 0 radical (unpaired) electrons. The number of para-hydroxylation sites is 1. The molecule has 4 nitrogen and oxygen atoms in total. The van der Waals surface area contributed by atoms with Crippen molar-refractivity contribution >= 4 is 11.6 Å². The van der Waals surface area contributed by atoms with Crippen LogP contribution in [-0.2, 0) is 13.0 Å². The van der Waals surface area contributed by atoms with Crippen LogP contribution in [-0.4, -0.2) is 22.0 Å². The van der Waals surface area contributed by atoms with E-state index < -0.39 is 0 Å². The van der Waals surface area contributed by atoms with E-state index in [1.807, 2.05) is 60.5 Å². The second-order valence-electron chi connectivity index (χ2n) is 6.49. The lowest BCUT2D eigenvalue weighted by atomic mass is 10.0. The van der Waals surface area contributed by atoms with Crippen LogP contribution in [0.5, 0.6) is 0 Å². The normalized spacial score (nSPS) is 13.6. The number of nitrogens with zero attached hydrogens (tertiary/aromatic N) is 3. The molecule has 3 aromatic rings. The first kappa shape index (κ1) is 15.6. The van der Waals surface area contributed by atoms with Crippen molar-refractivity contribution in [3.63, 3.8) is 0 Å². The molecule has 0 N–H and O–H groups in total. The van der Waals surface area contributed by atoms with Crippen LogP contribution in [0.1, 0.15) is 33.7 Å². The van der Waals surface area contributed by atoms with E-state index in [4.69, 9.17) is 0 Å². The van der Waals surface area contributed by atoms with Gasteiger partial charge in [0.05, 0.1) is 0 Å². The zero-order valence-corrected chi connectivity index (χ0v) is 14.4. The number of fused-ring (bicyclic) bond motifs is 1. The first-order valence-corrected chi connectivity index (χ1v) is 8.69. The van der Waals surface area contributed by atoms with Gasteiger partial charge in [0.15, 0.2) is 0 Å². The third kappa shape index (κ3) is 3.07. The molecule has 0 spiro atoms. The van der Waals surface area contributed by atoms with Gasteiger partial charge in [0.25, 0.3) is 5.91 Å². The Kier molecular flexibility index (Phi) is 4.10. The van der Waals surface area contributed by atoms with Crippen molar-refractivity contribution in [1.29, 1.82) is 0 Å². The summed E-state index contributed by atoms with van der Waals surface area (Å²) in [4.78, 5) is 19.1. The molecule has 1 amide bonds. The molecule has 25 heavy (non-hydrogen) atoms. The number of hydrogen-bond donors (Lipinski definition) is 0. The maximum Gasteiger partial charge on any atom is 0.258 e. The van der Waals surface area contributed by atoms with Gasteiger partial charge >= 0.3 is 0 Å². The molecule has 0 atom stereocenters. The summed E-state index contributed by atoms with van der Waals surface area (Å²) in [6.45, 7) is 3.55. The SMILES string of the molecule is Cc1nccn1Cc1ccc(C(=O)N2CCCc3ccccc32)cc1. The highest BCUT2D eigenvalue weighted by Gasteiger charge is 2.23. The minimum atomic E-state index is 0.0810. The van der Waals surface area contributed by atoms with Crippen LogP contribution in [0.4, 0.5) is 5.69 Å². The Morgan fingerprint density at radius 2 is 1.92 bits per heavy atom. The van der Waals surface area contributed by atoms with E-state index >= 15 is 0 Å². The molecular weight excluding hydrogens is 310 g/mol. The Morgan fingerprint density at radius 3 is 2.68 bits per heavy atom. The van der Waals surface area contributed by atoms with Crippen molar-refractivity contribution in [2.24, 2.45) is 0 Å². The third-order valence-corrected chi connectivity index (χ3v) is 4.83. The zero-order valence-electron chi connectivity index (χ0n) is 14.4. The summed E-state index contributed by atoms with van der Waals surface area (Å²) in [5.74, 6) is 1.07. The fourth-order valence-corrected chi connectivity index (χ4v) is 3.42. The van der Waals surface area contributed by atoms with Crippen molar-refractivity contribution in [3.05, 3.63) is 83.4 Å². The van der Waals surface area contributed by atoms with Crippen LogP contribution in [0, 0.1) is 6.92 Å². The van der Waals surface area contributed by atoms with E-state index in [9.17, 15) is 4.79 Å². The van der Waals surface area contributed by atoms with E-state index in [1.54, 1.807) is 6.20 Å². The molecule has 0 unspecified atom stereocenters. The van der Waals surface area contributed by atoms with Crippen LogP contribution in [0.3, 0.4) is 0 Å². The molecule has 1 aliphatic heterocycles. The number of aromatic nitrogens is 2. The number of amides is 1. The molecule has 2 aromatic carbocycles. The topological polar surface area (TPSA) is 38.1 Å². The zero-order chi connectivity index (χ0) is 17.2. The minimum Gasteiger partial charge on any atom is -0.331 e. The largest absolute Gasteiger partial charge is 0.331 e. The van der Waals surface area contributed by atoms with Gasteiger partial charge in [0.1, 0.15) is 5.82 Å². The van der Waals surface area contributed by atoms with Crippen molar-refractivity contribution in [2.75, 3.05) is 11.4 Å². The van der Waals surface area contributed by atoms with Gasteiger partial charge in [-0.3, -0.25) is 4.79 Å². The predicted molar refractivity (Wildman–Crippen MR) is 98.9 cm³/mol. The smallest absolute Gasteiger partial charge is 0.258 e. The molecule has 126 valence electrons. The average molecular weight is 331 g/mol. The van der Waals surface area contributed by atoms with Crippen molar-refractivity contribution in [2.45, 2.75) is 26.3 Å². The quantitative estimate of drug-likeness (QED) is 0.731. The molecule has 2 heterocycles. The highest BCUT2D eigenvalue weighted by Crippen LogP contribution is 2.28. The van der Waals surface area contributed by atoms with Gasteiger partial charge in [-0.1, -0.05) is 30.3 Å². The van der Waals surface area contributed by atoms with Crippen LogP contribution in [0.2, 0.25) is 0 Å². The van der Waals surface area contributed by atoms with Crippen molar-refractivity contribution in [1.82, 2.24) is 9.55 Å². The summed E-state index contributed by atoms with van der Waals surface area (Å²) in [7, 11) is 0. The summed E-state index contributed by atoms with van der Waals surface area (Å²) in [5, 5.41) is 0. The van der Waals surface area contributed by atoms with Gasteiger partial charge in [0.2, 0.25) is 0 Å². The number of hydrogen-bond acceptors (Lipinski definition) is 2. The third-order valence-electron chi connectivity index (χ3n) is 4.83. The second-order valence-corrected chi connectivity index (χ2v) is 6.49. The number of aryl methyl sites for hydroxylation is 2. The Morgan fingerprint density at radius 1 is 1.12 bits per heavy atom.